The molecule has 9 N–H and O–H groups in total. The van der Waals surface area contributed by atoms with Gasteiger partial charge in [-0.1, -0.05) is 269 Å². The van der Waals surface area contributed by atoms with Crippen LogP contribution in [-0.2, 0) is 23.7 Å². The Morgan fingerprint density at radius 3 is 1.32 bits per heavy atom. The monoisotopic (exact) mass is 1140 g/mol. The largest absolute Gasteiger partial charge is 0.394 e. The average Bonchev–Trinajstić information content (AvgIpc) is 3.46. The van der Waals surface area contributed by atoms with Gasteiger partial charge in [0.2, 0.25) is 5.91 Å². The van der Waals surface area contributed by atoms with Crippen molar-refractivity contribution in [3.8, 4) is 0 Å². The predicted molar refractivity (Wildman–Crippen MR) is 323 cm³/mol. The predicted octanol–water partition coefficient (Wildman–Crippen LogP) is 12.6. The molecule has 1 amide bonds. The molecule has 2 aliphatic heterocycles. The normalized spacial score (nSPS) is 24.4. The summed E-state index contributed by atoms with van der Waals surface area (Å²) in [5.41, 5.74) is 0. The van der Waals surface area contributed by atoms with Crippen LogP contribution >= 0.6 is 0 Å². The van der Waals surface area contributed by atoms with E-state index in [1.165, 1.54) is 173 Å². The Balaban J connectivity index is 1.65. The van der Waals surface area contributed by atoms with Crippen LogP contribution in [0.25, 0.3) is 0 Å². The van der Waals surface area contributed by atoms with Crippen molar-refractivity contribution in [3.05, 3.63) is 36.5 Å². The first-order valence-corrected chi connectivity index (χ1v) is 33.2. The summed E-state index contributed by atoms with van der Waals surface area (Å²) in [6, 6.07) is -0.839. The maximum Gasteiger partial charge on any atom is 0.220 e. The van der Waals surface area contributed by atoms with E-state index in [2.05, 4.69) is 55.6 Å². The first kappa shape index (κ1) is 74.3. The van der Waals surface area contributed by atoms with E-state index in [-0.39, 0.29) is 18.9 Å². The maximum absolute atomic E-state index is 13.3. The third-order valence-electron chi connectivity index (χ3n) is 16.4. The standard InChI is InChI=1S/C66H123NO13/c1-3-5-7-9-11-13-15-17-19-20-21-22-23-24-25-26-27-28-29-30-31-32-33-34-36-37-39-41-43-45-47-49-55(70)54(67-58(71)50-48-46-44-42-40-38-35-18-16-14-12-10-8-6-4-2)53-77-65-63(76)61(74)64(57(52-69)79-65)80-66-62(75)60(73)59(72)56(51-68)78-66/h6,8,12,14,18,35,54-57,59-66,68-70,72-76H,3-5,7,9-11,13,15-17,19-34,36-53H2,1-2H3,(H,67,71)/b8-6-,14-12-,35-18-. The number of unbranched alkanes of at least 4 members (excludes halogenated alkanes) is 35. The number of hydrogen-bond acceptors (Lipinski definition) is 13. The van der Waals surface area contributed by atoms with Crippen molar-refractivity contribution >= 4 is 5.91 Å². The van der Waals surface area contributed by atoms with Gasteiger partial charge in [0.05, 0.1) is 32.0 Å². The van der Waals surface area contributed by atoms with Crippen molar-refractivity contribution in [2.45, 2.75) is 357 Å². The molecule has 80 heavy (non-hydrogen) atoms. The quantitative estimate of drug-likeness (QED) is 0.0204. The molecule has 0 radical (unpaired) electrons. The number of aliphatic hydroxyl groups excluding tert-OH is 8. The summed E-state index contributed by atoms with van der Waals surface area (Å²) in [6.45, 7) is 2.76. The summed E-state index contributed by atoms with van der Waals surface area (Å²) in [4.78, 5) is 13.3. The molecular weight excluding hydrogens is 1010 g/mol. The van der Waals surface area contributed by atoms with E-state index in [9.17, 15) is 45.6 Å². The Morgan fingerprint density at radius 2 is 0.863 bits per heavy atom. The van der Waals surface area contributed by atoms with Gasteiger partial charge >= 0.3 is 0 Å². The molecule has 2 fully saturated rings. The lowest BCUT2D eigenvalue weighted by molar-refractivity contribution is -0.359. The van der Waals surface area contributed by atoms with Gasteiger partial charge in [0.25, 0.3) is 0 Å². The zero-order valence-electron chi connectivity index (χ0n) is 50.8. The molecule has 14 heteroatoms. The Labute approximate surface area is 487 Å². The minimum atomic E-state index is -1.78. The summed E-state index contributed by atoms with van der Waals surface area (Å²) in [6.07, 6.45) is 47.4. The Kier molecular flexibility index (Phi) is 47.9. The van der Waals surface area contributed by atoms with Gasteiger partial charge in [-0.05, 0) is 44.9 Å². The van der Waals surface area contributed by atoms with Crippen LogP contribution in [0.3, 0.4) is 0 Å². The Bertz CT molecular complexity index is 1480. The van der Waals surface area contributed by atoms with Crippen LogP contribution in [0.2, 0.25) is 0 Å². The SMILES string of the molecule is CC/C=C\C/C=C\C/C=C\CCCCCCCC(=O)NC(COC1OC(CO)C(OC2OC(CO)C(O)C(O)C2O)C(O)C1O)C(O)CCCCCCCCCCCCCCCCCCCCCCCCCCCCCCCCC. The molecule has 12 atom stereocenters. The Morgan fingerprint density at radius 1 is 0.463 bits per heavy atom. The first-order chi connectivity index (χ1) is 39.1. The molecule has 2 heterocycles. The number of allylic oxidation sites excluding steroid dienone is 6. The molecule has 0 saturated carbocycles. The van der Waals surface area contributed by atoms with Crippen molar-refractivity contribution in [2.24, 2.45) is 0 Å². The molecule has 0 spiro atoms. The highest BCUT2D eigenvalue weighted by Crippen LogP contribution is 2.30. The molecule has 2 rings (SSSR count). The van der Waals surface area contributed by atoms with E-state index < -0.39 is 86.8 Å². The number of aliphatic hydroxyl groups is 8. The lowest BCUT2D eigenvalue weighted by Gasteiger charge is -2.46. The van der Waals surface area contributed by atoms with Crippen molar-refractivity contribution in [2.75, 3.05) is 19.8 Å². The van der Waals surface area contributed by atoms with Gasteiger partial charge in [-0.2, -0.15) is 0 Å². The number of hydrogen-bond donors (Lipinski definition) is 9. The van der Waals surface area contributed by atoms with Crippen molar-refractivity contribution < 1.29 is 64.6 Å². The summed E-state index contributed by atoms with van der Waals surface area (Å²) < 4.78 is 22.9. The van der Waals surface area contributed by atoms with Crippen LogP contribution in [0.4, 0.5) is 0 Å². The van der Waals surface area contributed by atoms with E-state index in [1.807, 2.05) is 0 Å². The fourth-order valence-corrected chi connectivity index (χ4v) is 11.1. The van der Waals surface area contributed by atoms with Crippen LogP contribution < -0.4 is 5.32 Å². The third kappa shape index (κ3) is 36.1. The van der Waals surface area contributed by atoms with Crippen molar-refractivity contribution in [3.63, 3.8) is 0 Å². The van der Waals surface area contributed by atoms with Gasteiger partial charge in [0.15, 0.2) is 12.6 Å². The lowest BCUT2D eigenvalue weighted by atomic mass is 9.97. The fraction of sp³-hybridized carbons (Fsp3) is 0.894. The molecule has 14 nitrogen and oxygen atoms in total. The maximum atomic E-state index is 13.3. The minimum absolute atomic E-state index is 0.221. The topological polar surface area (TPSA) is 228 Å². The van der Waals surface area contributed by atoms with Crippen LogP contribution in [0.15, 0.2) is 36.5 Å². The molecule has 12 unspecified atom stereocenters. The number of carbonyl (C=O) groups is 1. The van der Waals surface area contributed by atoms with Gasteiger partial charge in [-0.15, -0.1) is 0 Å². The van der Waals surface area contributed by atoms with Gasteiger partial charge < -0.3 is 65.1 Å². The van der Waals surface area contributed by atoms with Crippen LogP contribution in [0, 0.1) is 0 Å². The molecule has 0 bridgehead atoms. The second kappa shape index (κ2) is 51.6. The molecule has 0 aromatic rings. The van der Waals surface area contributed by atoms with E-state index in [0.29, 0.717) is 12.8 Å². The van der Waals surface area contributed by atoms with E-state index >= 15 is 0 Å². The van der Waals surface area contributed by atoms with E-state index in [0.717, 1.165) is 77.0 Å². The number of carbonyl (C=O) groups excluding carboxylic acids is 1. The second-order valence-corrected chi connectivity index (χ2v) is 23.6. The van der Waals surface area contributed by atoms with Gasteiger partial charge in [0, 0.05) is 6.42 Å². The van der Waals surface area contributed by atoms with Crippen LogP contribution in [-0.4, -0.2) is 140 Å². The molecule has 2 saturated heterocycles. The van der Waals surface area contributed by atoms with E-state index in [4.69, 9.17) is 18.9 Å². The van der Waals surface area contributed by atoms with Gasteiger partial charge in [0.1, 0.15) is 48.8 Å². The lowest BCUT2D eigenvalue weighted by Crippen LogP contribution is -2.65. The van der Waals surface area contributed by atoms with Crippen molar-refractivity contribution in [1.82, 2.24) is 5.32 Å². The van der Waals surface area contributed by atoms with Gasteiger partial charge in [-0.25, -0.2) is 0 Å². The average molecular weight is 1140 g/mol. The number of nitrogens with one attached hydrogen (secondary N) is 1. The molecule has 0 aromatic carbocycles. The summed E-state index contributed by atoms with van der Waals surface area (Å²) >= 11 is 0. The van der Waals surface area contributed by atoms with Gasteiger partial charge in [-0.3, -0.25) is 4.79 Å². The third-order valence-corrected chi connectivity index (χ3v) is 16.4. The van der Waals surface area contributed by atoms with E-state index in [1.54, 1.807) is 0 Å². The van der Waals surface area contributed by atoms with Crippen LogP contribution in [0.5, 0.6) is 0 Å². The zero-order chi connectivity index (χ0) is 58.1. The summed E-state index contributed by atoms with van der Waals surface area (Å²) in [7, 11) is 0. The Hall–Kier alpha value is -1.79. The molecule has 0 aromatic heterocycles. The minimum Gasteiger partial charge on any atom is -0.394 e. The molecular formula is C66H123NO13. The molecule has 0 aliphatic carbocycles. The number of ether oxygens (including phenoxy) is 4. The summed E-state index contributed by atoms with van der Waals surface area (Å²) in [5.74, 6) is -0.221. The smallest absolute Gasteiger partial charge is 0.220 e. The highest BCUT2D eigenvalue weighted by atomic mass is 16.7. The highest BCUT2D eigenvalue weighted by Gasteiger charge is 2.51. The zero-order valence-corrected chi connectivity index (χ0v) is 50.8. The fourth-order valence-electron chi connectivity index (χ4n) is 11.1. The first-order valence-electron chi connectivity index (χ1n) is 33.2. The number of amides is 1. The molecule has 2 aliphatic rings. The summed E-state index contributed by atoms with van der Waals surface area (Å²) in [5, 5.41) is 87.4. The second-order valence-electron chi connectivity index (χ2n) is 23.6. The number of rotatable bonds is 54. The van der Waals surface area contributed by atoms with Crippen LogP contribution in [0.1, 0.15) is 284 Å². The molecule has 470 valence electrons. The van der Waals surface area contributed by atoms with Crippen molar-refractivity contribution in [1.29, 1.82) is 0 Å². The highest BCUT2D eigenvalue weighted by molar-refractivity contribution is 5.76.